The smallest absolute Gasteiger partial charge is 0.322 e. The number of anilines is 2. The molecule has 3 heterocycles. The third-order valence-corrected chi connectivity index (χ3v) is 4.07. The number of aromatic nitrogens is 1. The SMILES string of the molecule is C[C@H]1CN(c2ccc(NC(=O)N3CCNC(=O)C3)cn2)C[C@H](C)O1. The number of pyridine rings is 1. The summed E-state index contributed by atoms with van der Waals surface area (Å²) in [4.78, 5) is 31.6. The van der Waals surface area contributed by atoms with Crippen molar-refractivity contribution in [2.45, 2.75) is 26.1 Å². The fourth-order valence-corrected chi connectivity index (χ4v) is 3.03. The number of ether oxygens (including phenoxy) is 1. The van der Waals surface area contributed by atoms with Gasteiger partial charge in [-0.15, -0.1) is 0 Å². The average molecular weight is 333 g/mol. The van der Waals surface area contributed by atoms with Crippen molar-refractivity contribution in [3.63, 3.8) is 0 Å². The fraction of sp³-hybridized carbons (Fsp3) is 0.562. The molecule has 8 heteroatoms. The molecule has 24 heavy (non-hydrogen) atoms. The zero-order chi connectivity index (χ0) is 17.1. The van der Waals surface area contributed by atoms with E-state index in [9.17, 15) is 9.59 Å². The van der Waals surface area contributed by atoms with Gasteiger partial charge in [-0.1, -0.05) is 0 Å². The molecule has 0 aromatic carbocycles. The highest BCUT2D eigenvalue weighted by atomic mass is 16.5. The Bertz CT molecular complexity index is 596. The highest BCUT2D eigenvalue weighted by Crippen LogP contribution is 2.19. The Morgan fingerprint density at radius 2 is 2.08 bits per heavy atom. The minimum atomic E-state index is -0.284. The number of nitrogens with one attached hydrogen (secondary N) is 2. The van der Waals surface area contributed by atoms with Gasteiger partial charge in [0, 0.05) is 26.2 Å². The molecule has 130 valence electrons. The summed E-state index contributed by atoms with van der Waals surface area (Å²) in [6.07, 6.45) is 1.97. The Morgan fingerprint density at radius 1 is 1.33 bits per heavy atom. The summed E-state index contributed by atoms with van der Waals surface area (Å²) < 4.78 is 5.73. The highest BCUT2D eigenvalue weighted by molar-refractivity contribution is 5.92. The Labute approximate surface area is 141 Å². The number of piperazine rings is 1. The van der Waals surface area contributed by atoms with Crippen molar-refractivity contribution >= 4 is 23.4 Å². The molecule has 3 amide bonds. The molecule has 2 aliphatic heterocycles. The lowest BCUT2D eigenvalue weighted by Crippen LogP contribution is -2.51. The van der Waals surface area contributed by atoms with Gasteiger partial charge < -0.3 is 25.2 Å². The van der Waals surface area contributed by atoms with E-state index in [1.165, 1.54) is 4.90 Å². The molecule has 1 aromatic heterocycles. The van der Waals surface area contributed by atoms with Crippen LogP contribution in [0.4, 0.5) is 16.3 Å². The van der Waals surface area contributed by atoms with E-state index >= 15 is 0 Å². The predicted molar refractivity (Wildman–Crippen MR) is 90.1 cm³/mol. The van der Waals surface area contributed by atoms with Crippen LogP contribution in [0.3, 0.4) is 0 Å². The van der Waals surface area contributed by atoms with Gasteiger partial charge in [-0.25, -0.2) is 9.78 Å². The number of nitrogens with zero attached hydrogens (tertiary/aromatic N) is 3. The zero-order valence-corrected chi connectivity index (χ0v) is 14.0. The van der Waals surface area contributed by atoms with Crippen molar-refractivity contribution in [1.29, 1.82) is 0 Å². The Morgan fingerprint density at radius 3 is 2.71 bits per heavy atom. The van der Waals surface area contributed by atoms with Gasteiger partial charge in [0.1, 0.15) is 12.4 Å². The number of rotatable bonds is 2. The molecule has 3 rings (SSSR count). The van der Waals surface area contributed by atoms with Gasteiger partial charge in [0.05, 0.1) is 24.1 Å². The quantitative estimate of drug-likeness (QED) is 0.830. The zero-order valence-electron chi connectivity index (χ0n) is 14.0. The molecule has 2 N–H and O–H groups in total. The van der Waals surface area contributed by atoms with E-state index in [1.54, 1.807) is 6.20 Å². The molecule has 2 aliphatic rings. The third-order valence-electron chi connectivity index (χ3n) is 4.07. The number of carbonyl (C=O) groups is 2. The largest absolute Gasteiger partial charge is 0.372 e. The molecule has 0 radical (unpaired) electrons. The summed E-state index contributed by atoms with van der Waals surface area (Å²) in [5.41, 5.74) is 0.615. The van der Waals surface area contributed by atoms with Gasteiger partial charge in [0.2, 0.25) is 5.91 Å². The Kier molecular flexibility index (Phi) is 4.84. The number of morpholine rings is 1. The molecule has 2 atom stereocenters. The van der Waals surface area contributed by atoms with E-state index in [1.807, 2.05) is 26.0 Å². The van der Waals surface area contributed by atoms with Gasteiger partial charge in [-0.2, -0.15) is 0 Å². The van der Waals surface area contributed by atoms with E-state index in [2.05, 4.69) is 20.5 Å². The summed E-state index contributed by atoms with van der Waals surface area (Å²) in [7, 11) is 0. The van der Waals surface area contributed by atoms with Crippen LogP contribution in [0.15, 0.2) is 18.3 Å². The second kappa shape index (κ2) is 7.04. The second-order valence-corrected chi connectivity index (χ2v) is 6.27. The molecular weight excluding hydrogens is 310 g/mol. The number of urea groups is 1. The number of amides is 3. The van der Waals surface area contributed by atoms with Gasteiger partial charge in [-0.3, -0.25) is 4.79 Å². The topological polar surface area (TPSA) is 86.8 Å². The Hall–Kier alpha value is -2.35. The molecular formula is C16H23N5O3. The van der Waals surface area contributed by atoms with Crippen molar-refractivity contribution in [3.8, 4) is 0 Å². The summed E-state index contributed by atoms with van der Waals surface area (Å²) in [6.45, 7) is 6.76. The maximum atomic E-state index is 12.2. The van der Waals surface area contributed by atoms with Gasteiger partial charge in [-0.05, 0) is 26.0 Å². The average Bonchev–Trinajstić information content (AvgIpc) is 2.54. The van der Waals surface area contributed by atoms with Gasteiger partial charge in [0.15, 0.2) is 0 Å². The first-order chi connectivity index (χ1) is 11.5. The molecule has 0 bridgehead atoms. The molecule has 0 spiro atoms. The molecule has 0 unspecified atom stereocenters. The molecule has 8 nitrogen and oxygen atoms in total. The fourth-order valence-electron chi connectivity index (χ4n) is 3.03. The molecule has 0 saturated carbocycles. The predicted octanol–water partition coefficient (Wildman–Crippen LogP) is 0.659. The summed E-state index contributed by atoms with van der Waals surface area (Å²) >= 11 is 0. The first-order valence-electron chi connectivity index (χ1n) is 8.20. The van der Waals surface area contributed by atoms with Crippen molar-refractivity contribution in [2.75, 3.05) is 42.9 Å². The van der Waals surface area contributed by atoms with Crippen molar-refractivity contribution < 1.29 is 14.3 Å². The monoisotopic (exact) mass is 333 g/mol. The number of hydrogen-bond donors (Lipinski definition) is 2. The Balaban J connectivity index is 1.60. The van der Waals surface area contributed by atoms with Crippen LogP contribution in [0.5, 0.6) is 0 Å². The van der Waals surface area contributed by atoms with Crippen molar-refractivity contribution in [3.05, 3.63) is 18.3 Å². The summed E-state index contributed by atoms with van der Waals surface area (Å²) in [5.74, 6) is 0.729. The van der Waals surface area contributed by atoms with Crippen LogP contribution in [0, 0.1) is 0 Å². The molecule has 2 fully saturated rings. The molecule has 0 aliphatic carbocycles. The van der Waals surface area contributed by atoms with Crippen LogP contribution < -0.4 is 15.5 Å². The van der Waals surface area contributed by atoms with Crippen LogP contribution in [0.1, 0.15) is 13.8 Å². The molecule has 2 saturated heterocycles. The number of hydrogen-bond acceptors (Lipinski definition) is 5. The standard InChI is InChI=1S/C16H23N5O3/c1-11-8-21(9-12(2)24-11)14-4-3-13(7-18-14)19-16(23)20-6-5-17-15(22)10-20/h3-4,7,11-12H,5-6,8-10H2,1-2H3,(H,17,22)(H,19,23)/t11-,12-/m0/s1. The maximum Gasteiger partial charge on any atom is 0.322 e. The molecule has 1 aromatic rings. The first-order valence-corrected chi connectivity index (χ1v) is 8.20. The van der Waals surface area contributed by atoms with Crippen LogP contribution in [-0.4, -0.2) is 66.8 Å². The second-order valence-electron chi connectivity index (χ2n) is 6.27. The lowest BCUT2D eigenvalue weighted by molar-refractivity contribution is -0.123. The van der Waals surface area contributed by atoms with Gasteiger partial charge >= 0.3 is 6.03 Å². The minimum Gasteiger partial charge on any atom is -0.372 e. The van der Waals surface area contributed by atoms with E-state index < -0.39 is 0 Å². The van der Waals surface area contributed by atoms with E-state index in [4.69, 9.17) is 4.74 Å². The third kappa shape index (κ3) is 3.94. The van der Waals surface area contributed by atoms with Crippen molar-refractivity contribution in [2.24, 2.45) is 0 Å². The van der Waals surface area contributed by atoms with E-state index in [0.29, 0.717) is 18.8 Å². The highest BCUT2D eigenvalue weighted by Gasteiger charge is 2.24. The van der Waals surface area contributed by atoms with Gasteiger partial charge in [0.25, 0.3) is 0 Å². The van der Waals surface area contributed by atoms with E-state index in [0.717, 1.165) is 18.9 Å². The lowest BCUT2D eigenvalue weighted by Gasteiger charge is -2.36. The normalized spacial score (nSPS) is 24.5. The number of carbonyl (C=O) groups excluding carboxylic acids is 2. The van der Waals surface area contributed by atoms with Crippen LogP contribution >= 0.6 is 0 Å². The minimum absolute atomic E-state index is 0.0842. The van der Waals surface area contributed by atoms with Crippen LogP contribution in [-0.2, 0) is 9.53 Å². The first kappa shape index (κ1) is 16.5. The summed E-state index contributed by atoms with van der Waals surface area (Å²) in [5, 5.41) is 5.47. The van der Waals surface area contributed by atoms with Crippen LogP contribution in [0.2, 0.25) is 0 Å². The van der Waals surface area contributed by atoms with Crippen molar-refractivity contribution in [1.82, 2.24) is 15.2 Å². The lowest BCUT2D eigenvalue weighted by atomic mass is 10.2. The summed E-state index contributed by atoms with van der Waals surface area (Å²) in [6, 6.07) is 3.44. The maximum absolute atomic E-state index is 12.2. The van der Waals surface area contributed by atoms with Crippen LogP contribution in [0.25, 0.3) is 0 Å². The van der Waals surface area contributed by atoms with E-state index in [-0.39, 0.29) is 30.7 Å².